The second-order valence-corrected chi connectivity index (χ2v) is 6.81. The fourth-order valence-electron chi connectivity index (χ4n) is 3.20. The topological polar surface area (TPSA) is 76.1 Å². The number of benzene rings is 1. The summed E-state index contributed by atoms with van der Waals surface area (Å²) in [6, 6.07) is 7.10. The third kappa shape index (κ3) is 6.33. The number of carbonyl (C=O) groups excluding carboxylic acids is 1. The lowest BCUT2D eigenvalue weighted by molar-refractivity contribution is -0.148. The summed E-state index contributed by atoms with van der Waals surface area (Å²) in [5, 5.41) is 8.62. The van der Waals surface area contributed by atoms with Crippen LogP contribution in [-0.2, 0) is 20.9 Å². The van der Waals surface area contributed by atoms with Gasteiger partial charge in [0.05, 0.1) is 6.10 Å². The SMILES string of the molecule is CCC(OC1CCCCC1)C(=O)N(C)Cc1ccc(OCC(=O)O)cc1. The van der Waals surface area contributed by atoms with E-state index in [0.717, 1.165) is 18.4 Å². The zero-order valence-electron chi connectivity index (χ0n) is 15.6. The van der Waals surface area contributed by atoms with E-state index in [2.05, 4.69) is 0 Å². The van der Waals surface area contributed by atoms with Gasteiger partial charge in [-0.15, -0.1) is 0 Å². The normalized spacial score (nSPS) is 16.1. The van der Waals surface area contributed by atoms with Gasteiger partial charge in [-0.3, -0.25) is 4.79 Å². The molecule has 1 atom stereocenters. The molecule has 1 aliphatic rings. The third-order valence-corrected chi connectivity index (χ3v) is 4.64. The number of hydrogen-bond acceptors (Lipinski definition) is 4. The van der Waals surface area contributed by atoms with Crippen molar-refractivity contribution in [3.05, 3.63) is 29.8 Å². The highest BCUT2D eigenvalue weighted by molar-refractivity contribution is 5.80. The zero-order valence-corrected chi connectivity index (χ0v) is 15.6. The minimum absolute atomic E-state index is 0.00396. The summed E-state index contributed by atoms with van der Waals surface area (Å²) in [7, 11) is 1.78. The fourth-order valence-corrected chi connectivity index (χ4v) is 3.20. The highest BCUT2D eigenvalue weighted by Crippen LogP contribution is 2.23. The van der Waals surface area contributed by atoms with Gasteiger partial charge < -0.3 is 19.5 Å². The average Bonchev–Trinajstić information content (AvgIpc) is 2.65. The maximum Gasteiger partial charge on any atom is 0.341 e. The predicted octanol–water partition coefficient (Wildman–Crippen LogP) is 3.24. The van der Waals surface area contributed by atoms with Crippen LogP contribution in [0.1, 0.15) is 51.0 Å². The van der Waals surface area contributed by atoms with Crippen LogP contribution in [0.3, 0.4) is 0 Å². The maximum atomic E-state index is 12.7. The molecule has 1 N–H and O–H groups in total. The van der Waals surface area contributed by atoms with Gasteiger partial charge in [-0.1, -0.05) is 38.3 Å². The molecule has 0 aliphatic heterocycles. The first-order valence-corrected chi connectivity index (χ1v) is 9.33. The Hall–Kier alpha value is -2.08. The first kappa shape index (κ1) is 20.2. The second kappa shape index (κ2) is 10.2. The Balaban J connectivity index is 1.86. The second-order valence-electron chi connectivity index (χ2n) is 6.81. The highest BCUT2D eigenvalue weighted by atomic mass is 16.5. The van der Waals surface area contributed by atoms with E-state index in [1.165, 1.54) is 19.3 Å². The van der Waals surface area contributed by atoms with E-state index in [0.29, 0.717) is 18.7 Å². The van der Waals surface area contributed by atoms with Crippen molar-refractivity contribution in [1.29, 1.82) is 0 Å². The molecule has 0 aromatic heterocycles. The molecule has 1 amide bonds. The van der Waals surface area contributed by atoms with Crippen molar-refractivity contribution >= 4 is 11.9 Å². The van der Waals surface area contributed by atoms with Crippen LogP contribution in [-0.4, -0.2) is 47.7 Å². The largest absolute Gasteiger partial charge is 0.482 e. The van der Waals surface area contributed by atoms with Crippen molar-refractivity contribution < 1.29 is 24.2 Å². The van der Waals surface area contributed by atoms with Gasteiger partial charge >= 0.3 is 5.97 Å². The van der Waals surface area contributed by atoms with Crippen molar-refractivity contribution in [2.24, 2.45) is 0 Å². The Kier molecular flexibility index (Phi) is 7.91. The Morgan fingerprint density at radius 1 is 1.19 bits per heavy atom. The van der Waals surface area contributed by atoms with Crippen LogP contribution in [0.4, 0.5) is 0 Å². The first-order valence-electron chi connectivity index (χ1n) is 9.33. The van der Waals surface area contributed by atoms with E-state index in [9.17, 15) is 9.59 Å². The summed E-state index contributed by atoms with van der Waals surface area (Å²) >= 11 is 0. The Labute approximate surface area is 155 Å². The molecule has 0 spiro atoms. The number of amides is 1. The van der Waals surface area contributed by atoms with Gasteiger partial charge in [0, 0.05) is 13.6 Å². The van der Waals surface area contributed by atoms with E-state index in [1.54, 1.807) is 24.1 Å². The van der Waals surface area contributed by atoms with Gasteiger partial charge in [-0.2, -0.15) is 0 Å². The smallest absolute Gasteiger partial charge is 0.341 e. The van der Waals surface area contributed by atoms with Crippen molar-refractivity contribution in [2.75, 3.05) is 13.7 Å². The van der Waals surface area contributed by atoms with Crippen molar-refractivity contribution in [3.8, 4) is 5.75 Å². The summed E-state index contributed by atoms with van der Waals surface area (Å²) in [6.07, 6.45) is 6.20. The molecule has 144 valence electrons. The molecule has 1 aromatic carbocycles. The lowest BCUT2D eigenvalue weighted by atomic mass is 9.97. The Morgan fingerprint density at radius 2 is 1.85 bits per heavy atom. The third-order valence-electron chi connectivity index (χ3n) is 4.64. The van der Waals surface area contributed by atoms with Gasteiger partial charge in [0.1, 0.15) is 11.9 Å². The summed E-state index contributed by atoms with van der Waals surface area (Å²) in [5.41, 5.74) is 0.955. The van der Waals surface area contributed by atoms with Crippen LogP contribution < -0.4 is 4.74 Å². The molecule has 1 aliphatic carbocycles. The van der Waals surface area contributed by atoms with Crippen LogP contribution in [0.2, 0.25) is 0 Å². The lowest BCUT2D eigenvalue weighted by Gasteiger charge is -2.29. The van der Waals surface area contributed by atoms with Gasteiger partial charge in [0.2, 0.25) is 0 Å². The molecule has 1 unspecified atom stereocenters. The van der Waals surface area contributed by atoms with Gasteiger partial charge in [0.25, 0.3) is 5.91 Å². The van der Waals surface area contributed by atoms with Gasteiger partial charge in [-0.05, 0) is 37.0 Å². The van der Waals surface area contributed by atoms with Crippen molar-refractivity contribution in [3.63, 3.8) is 0 Å². The molecule has 0 bridgehead atoms. The minimum atomic E-state index is -1.01. The number of carbonyl (C=O) groups is 2. The number of hydrogen-bond donors (Lipinski definition) is 1. The molecule has 0 saturated heterocycles. The minimum Gasteiger partial charge on any atom is -0.482 e. The van der Waals surface area contributed by atoms with Crippen LogP contribution in [0, 0.1) is 0 Å². The molecule has 1 aromatic rings. The molecular formula is C20H29NO5. The van der Waals surface area contributed by atoms with Crippen molar-refractivity contribution in [2.45, 2.75) is 64.2 Å². The van der Waals surface area contributed by atoms with Gasteiger partial charge in [-0.25, -0.2) is 4.79 Å². The molecule has 26 heavy (non-hydrogen) atoms. The van der Waals surface area contributed by atoms with E-state index >= 15 is 0 Å². The average molecular weight is 363 g/mol. The standard InChI is InChI=1S/C20H29NO5/c1-3-18(26-17-7-5-4-6-8-17)20(24)21(2)13-15-9-11-16(12-10-15)25-14-19(22)23/h9-12,17-18H,3-8,13-14H2,1-2H3,(H,22,23). The number of ether oxygens (including phenoxy) is 2. The quantitative estimate of drug-likeness (QED) is 0.729. The fraction of sp³-hybridized carbons (Fsp3) is 0.600. The molecule has 1 saturated carbocycles. The number of aliphatic carboxylic acids is 1. The zero-order chi connectivity index (χ0) is 18.9. The molecule has 1 fully saturated rings. The number of carboxylic acid groups (broad SMARTS) is 1. The van der Waals surface area contributed by atoms with Crippen LogP contribution in [0.15, 0.2) is 24.3 Å². The van der Waals surface area contributed by atoms with Crippen molar-refractivity contribution in [1.82, 2.24) is 4.90 Å². The van der Waals surface area contributed by atoms with Gasteiger partial charge in [0.15, 0.2) is 6.61 Å². The number of likely N-dealkylation sites (N-methyl/N-ethyl adjacent to an activating group) is 1. The first-order chi connectivity index (χ1) is 12.5. The number of nitrogens with zero attached hydrogens (tertiary/aromatic N) is 1. The van der Waals surface area contributed by atoms with Crippen LogP contribution in [0.25, 0.3) is 0 Å². The van der Waals surface area contributed by atoms with E-state index in [1.807, 2.05) is 19.1 Å². The molecular weight excluding hydrogens is 334 g/mol. The summed E-state index contributed by atoms with van der Waals surface area (Å²) in [6.45, 7) is 2.09. The Morgan fingerprint density at radius 3 is 2.42 bits per heavy atom. The number of rotatable bonds is 9. The number of carboxylic acids is 1. The molecule has 0 heterocycles. The molecule has 6 nitrogen and oxygen atoms in total. The molecule has 0 radical (unpaired) electrons. The Bertz CT molecular complexity index is 580. The van der Waals surface area contributed by atoms with E-state index in [-0.39, 0.29) is 24.7 Å². The highest BCUT2D eigenvalue weighted by Gasteiger charge is 2.25. The van der Waals surface area contributed by atoms with Crippen LogP contribution in [0.5, 0.6) is 5.75 Å². The van der Waals surface area contributed by atoms with E-state index in [4.69, 9.17) is 14.6 Å². The monoisotopic (exact) mass is 363 g/mol. The van der Waals surface area contributed by atoms with Crippen LogP contribution >= 0.6 is 0 Å². The van der Waals surface area contributed by atoms with E-state index < -0.39 is 5.97 Å². The summed E-state index contributed by atoms with van der Waals surface area (Å²) in [5.74, 6) is -0.510. The predicted molar refractivity (Wildman–Crippen MR) is 98.1 cm³/mol. The summed E-state index contributed by atoms with van der Waals surface area (Å²) in [4.78, 5) is 24.9. The molecule has 2 rings (SSSR count). The molecule has 6 heteroatoms. The lowest BCUT2D eigenvalue weighted by Crippen LogP contribution is -2.39. The summed E-state index contributed by atoms with van der Waals surface area (Å²) < 4.78 is 11.2. The maximum absolute atomic E-state index is 12.7.